The van der Waals surface area contributed by atoms with E-state index in [0.717, 1.165) is 6.08 Å². The Morgan fingerprint density at radius 3 is 1.85 bits per heavy atom. The van der Waals surface area contributed by atoms with Crippen molar-refractivity contribution >= 4 is 16.1 Å². The van der Waals surface area contributed by atoms with Crippen molar-refractivity contribution in [2.24, 2.45) is 0 Å². The highest BCUT2D eigenvalue weighted by molar-refractivity contribution is 7.90. The van der Waals surface area contributed by atoms with Gasteiger partial charge in [-0.25, -0.2) is 8.42 Å². The van der Waals surface area contributed by atoms with Crippen LogP contribution in [0.25, 0.3) is 6.08 Å². The van der Waals surface area contributed by atoms with Gasteiger partial charge in [-0.05, 0) is 23.1 Å². The molecule has 0 spiro atoms. The Morgan fingerprint density at radius 2 is 1.29 bits per heavy atom. The first-order chi connectivity index (χ1) is 15.5. The number of benzene rings is 2. The highest BCUT2D eigenvalue weighted by Crippen LogP contribution is 2.55. The molecule has 0 aliphatic carbocycles. The molecular weight excluding hydrogens is 501 g/mol. The second-order valence-electron chi connectivity index (χ2n) is 7.52. The van der Waals surface area contributed by atoms with Crippen molar-refractivity contribution < 1.29 is 47.9 Å². The molecule has 0 aromatic heterocycles. The van der Waals surface area contributed by atoms with E-state index in [1.165, 1.54) is 24.3 Å². The number of nitrogens with zero attached hydrogens (tertiary/aromatic N) is 1. The predicted octanol–water partition coefficient (Wildman–Crippen LogP) is 5.88. The molecule has 0 saturated carbocycles. The molecule has 2 aromatic rings. The zero-order valence-corrected chi connectivity index (χ0v) is 17.7. The number of hydrogen-bond donors (Lipinski definition) is 0. The zero-order valence-electron chi connectivity index (χ0n) is 16.9. The largest absolute Gasteiger partial charge is 0.460 e. The van der Waals surface area contributed by atoms with E-state index in [2.05, 4.69) is 0 Å². The minimum atomic E-state index is -7.32. The van der Waals surface area contributed by atoms with Crippen LogP contribution in [-0.4, -0.2) is 42.0 Å². The average Bonchev–Trinajstić information content (AvgIpc) is 2.76. The molecule has 34 heavy (non-hydrogen) atoms. The Hall–Kier alpha value is -2.54. The van der Waals surface area contributed by atoms with Crippen LogP contribution in [0.15, 0.2) is 60.7 Å². The molecule has 3 nitrogen and oxygen atoms in total. The summed E-state index contributed by atoms with van der Waals surface area (Å²) < 4.78 is 146. The van der Waals surface area contributed by atoms with Gasteiger partial charge in [0.2, 0.25) is 0 Å². The molecule has 1 heterocycles. The maximum absolute atomic E-state index is 14.5. The van der Waals surface area contributed by atoms with E-state index >= 15 is 0 Å². The third-order valence-corrected chi connectivity index (χ3v) is 7.22. The van der Waals surface area contributed by atoms with E-state index in [4.69, 9.17) is 0 Å². The van der Waals surface area contributed by atoms with Gasteiger partial charge < -0.3 is 0 Å². The summed E-state index contributed by atoms with van der Waals surface area (Å²) in [6.45, 7) is -0.939. The van der Waals surface area contributed by atoms with Crippen LogP contribution in [0, 0.1) is 0 Å². The summed E-state index contributed by atoms with van der Waals surface area (Å²) in [5.41, 5.74) is 1.05. The molecule has 0 saturated heterocycles. The molecule has 13 heteroatoms. The van der Waals surface area contributed by atoms with Gasteiger partial charge in [0.15, 0.2) is 0 Å². The lowest BCUT2D eigenvalue weighted by Gasteiger charge is -2.39. The first-order valence-corrected chi connectivity index (χ1v) is 11.0. The molecule has 186 valence electrons. The van der Waals surface area contributed by atoms with E-state index in [-0.39, 0.29) is 16.3 Å². The highest BCUT2D eigenvalue weighted by Gasteiger charge is 2.86. The Bertz CT molecular complexity index is 1160. The van der Waals surface area contributed by atoms with Crippen molar-refractivity contribution in [3.8, 4) is 0 Å². The molecule has 0 N–H and O–H groups in total. The molecule has 0 amide bonds. The van der Waals surface area contributed by atoms with Crippen molar-refractivity contribution in [1.82, 2.24) is 4.31 Å². The van der Waals surface area contributed by atoms with Gasteiger partial charge in [-0.1, -0.05) is 66.7 Å². The zero-order chi connectivity index (χ0) is 25.6. The Kier molecular flexibility index (Phi) is 6.59. The SMILES string of the molecule is O=S(=O)(N1Cc2ccccc2C[C@H]1/C=C/c1ccccc1)C(F)(F)C(F)(F)C(F)(F)C(F)(F)F. The van der Waals surface area contributed by atoms with Crippen LogP contribution in [0.5, 0.6) is 0 Å². The fourth-order valence-corrected chi connectivity index (χ4v) is 4.96. The molecule has 2 aromatic carbocycles. The fraction of sp³-hybridized carbons (Fsp3) is 0.333. The van der Waals surface area contributed by atoms with Crippen molar-refractivity contribution in [2.75, 3.05) is 0 Å². The number of hydrogen-bond acceptors (Lipinski definition) is 2. The van der Waals surface area contributed by atoms with E-state index < -0.39 is 45.9 Å². The topological polar surface area (TPSA) is 37.4 Å². The second kappa shape index (κ2) is 8.59. The van der Waals surface area contributed by atoms with Gasteiger partial charge in [0.05, 0.1) is 0 Å². The van der Waals surface area contributed by atoms with Gasteiger partial charge in [0.25, 0.3) is 10.0 Å². The molecule has 1 aliphatic heterocycles. The highest BCUT2D eigenvalue weighted by atomic mass is 32.2. The summed E-state index contributed by atoms with van der Waals surface area (Å²) in [5.74, 6) is -14.6. The summed E-state index contributed by atoms with van der Waals surface area (Å²) in [7, 11) is -6.74. The molecule has 0 bridgehead atoms. The number of alkyl halides is 9. The van der Waals surface area contributed by atoms with Gasteiger partial charge in [-0.15, -0.1) is 0 Å². The second-order valence-corrected chi connectivity index (χ2v) is 9.46. The number of sulfonamides is 1. The molecule has 0 fully saturated rings. The molecular formula is C21H16F9NO2S. The van der Waals surface area contributed by atoms with E-state index in [0.29, 0.717) is 11.1 Å². The lowest BCUT2D eigenvalue weighted by Crippen LogP contribution is -2.66. The lowest BCUT2D eigenvalue weighted by molar-refractivity contribution is -0.382. The fourth-order valence-electron chi connectivity index (χ4n) is 3.41. The van der Waals surface area contributed by atoms with E-state index in [1.807, 2.05) is 0 Å². The minimum Gasteiger partial charge on any atom is -0.206 e. The molecule has 1 atom stereocenters. The Balaban J connectivity index is 2.09. The van der Waals surface area contributed by atoms with Crippen molar-refractivity contribution in [2.45, 2.75) is 42.3 Å². The first kappa shape index (κ1) is 26.1. The van der Waals surface area contributed by atoms with Gasteiger partial charge >= 0.3 is 23.3 Å². The van der Waals surface area contributed by atoms with Crippen LogP contribution < -0.4 is 0 Å². The normalized spacial score (nSPS) is 18.8. The summed E-state index contributed by atoms with van der Waals surface area (Å²) >= 11 is 0. The lowest BCUT2D eigenvalue weighted by atomic mass is 9.95. The van der Waals surface area contributed by atoms with Crippen LogP contribution in [0.2, 0.25) is 0 Å². The van der Waals surface area contributed by atoms with Gasteiger partial charge in [0.1, 0.15) is 0 Å². The van der Waals surface area contributed by atoms with Crippen LogP contribution >= 0.6 is 0 Å². The molecule has 3 rings (SSSR count). The monoisotopic (exact) mass is 517 g/mol. The summed E-state index contributed by atoms with van der Waals surface area (Å²) in [6.07, 6.45) is -5.06. The molecule has 1 aliphatic rings. The maximum atomic E-state index is 14.5. The number of halogens is 9. The van der Waals surface area contributed by atoms with Crippen LogP contribution in [0.4, 0.5) is 39.5 Å². The predicted molar refractivity (Wildman–Crippen MR) is 105 cm³/mol. The standard InChI is InChI=1S/C21H16F9NO2S/c22-18(23,20(26,27)28)19(24,25)21(29,30)34(32,33)31-13-16-9-5-4-8-15(16)12-17(31)11-10-14-6-2-1-3-7-14/h1-11,17H,12-13H2/b11-10+/t17-/m1/s1. The Morgan fingerprint density at radius 1 is 0.765 bits per heavy atom. The number of rotatable bonds is 6. The smallest absolute Gasteiger partial charge is 0.206 e. The molecule has 0 unspecified atom stereocenters. The maximum Gasteiger partial charge on any atom is 0.460 e. The summed E-state index contributed by atoms with van der Waals surface area (Å²) in [6, 6.07) is 12.1. The van der Waals surface area contributed by atoms with Crippen molar-refractivity contribution in [3.05, 3.63) is 77.4 Å². The average molecular weight is 517 g/mol. The third-order valence-electron chi connectivity index (χ3n) is 5.30. The first-order valence-electron chi connectivity index (χ1n) is 9.55. The summed E-state index contributed by atoms with van der Waals surface area (Å²) in [5, 5.41) is -6.79. The quantitative estimate of drug-likeness (QED) is 0.449. The van der Waals surface area contributed by atoms with Gasteiger partial charge in [0, 0.05) is 12.6 Å². The van der Waals surface area contributed by atoms with Crippen LogP contribution in [-0.2, 0) is 23.0 Å². The van der Waals surface area contributed by atoms with Crippen LogP contribution in [0.3, 0.4) is 0 Å². The van der Waals surface area contributed by atoms with E-state index in [9.17, 15) is 47.9 Å². The number of fused-ring (bicyclic) bond motifs is 1. The third kappa shape index (κ3) is 4.19. The van der Waals surface area contributed by atoms with Crippen LogP contribution in [0.1, 0.15) is 16.7 Å². The Labute approximate surface area is 188 Å². The van der Waals surface area contributed by atoms with Crippen molar-refractivity contribution in [3.63, 3.8) is 0 Å². The van der Waals surface area contributed by atoms with Gasteiger partial charge in [-0.2, -0.15) is 43.8 Å². The van der Waals surface area contributed by atoms with Gasteiger partial charge in [-0.3, -0.25) is 0 Å². The van der Waals surface area contributed by atoms with E-state index in [1.54, 1.807) is 36.4 Å². The molecule has 0 radical (unpaired) electrons. The summed E-state index contributed by atoms with van der Waals surface area (Å²) in [4.78, 5) is 0. The minimum absolute atomic E-state index is 0.108. The van der Waals surface area contributed by atoms with Crippen molar-refractivity contribution in [1.29, 1.82) is 0 Å².